The minimum Gasteiger partial charge on any atom is -0.358 e. The summed E-state index contributed by atoms with van der Waals surface area (Å²) in [6, 6.07) is 3.47. The predicted octanol–water partition coefficient (Wildman–Crippen LogP) is 1.03. The number of piperazine rings is 1. The molecule has 25 heavy (non-hydrogen) atoms. The molecule has 1 aliphatic rings. The molecule has 1 aromatic carbocycles. The summed E-state index contributed by atoms with van der Waals surface area (Å²) in [5, 5.41) is 11.5. The smallest absolute Gasteiger partial charge is 0.266 e. The summed E-state index contributed by atoms with van der Waals surface area (Å²) in [6.07, 6.45) is 0.990. The molecule has 3 N–H and O–H groups in total. The lowest BCUT2D eigenvalue weighted by atomic mass is 10.2. The van der Waals surface area contributed by atoms with Crippen molar-refractivity contribution in [2.75, 3.05) is 44.6 Å². The van der Waals surface area contributed by atoms with Crippen molar-refractivity contribution in [3.05, 3.63) is 41.4 Å². The van der Waals surface area contributed by atoms with Gasteiger partial charge in [0.1, 0.15) is 11.6 Å². The van der Waals surface area contributed by atoms with Gasteiger partial charge in [-0.2, -0.15) is 5.26 Å². The summed E-state index contributed by atoms with van der Waals surface area (Å²) >= 11 is 0. The predicted molar refractivity (Wildman–Crippen MR) is 85.7 cm³/mol. The standard InChI is InChI=1S/C16H18F3N5O/c17-12-1-2-13(15(19)14(12)18)22-10-11(9-21)16(25)24-7-5-23(4-3-20)6-8-24/h1-2,10,22H,3-8,20H2/b11-10-. The Kier molecular flexibility index (Phi) is 6.38. The average molecular weight is 353 g/mol. The normalized spacial score (nSPS) is 15.8. The summed E-state index contributed by atoms with van der Waals surface area (Å²) in [6.45, 7) is 3.44. The fourth-order valence-electron chi connectivity index (χ4n) is 2.46. The lowest BCUT2D eigenvalue weighted by Crippen LogP contribution is -2.50. The van der Waals surface area contributed by atoms with E-state index in [2.05, 4.69) is 10.2 Å². The Labute approximate surface area is 143 Å². The molecule has 1 saturated heterocycles. The van der Waals surface area contributed by atoms with E-state index >= 15 is 0 Å². The van der Waals surface area contributed by atoms with E-state index in [-0.39, 0.29) is 11.3 Å². The third-order valence-electron chi connectivity index (χ3n) is 3.86. The van der Waals surface area contributed by atoms with Gasteiger partial charge in [-0.15, -0.1) is 0 Å². The van der Waals surface area contributed by atoms with Crippen molar-refractivity contribution in [1.82, 2.24) is 9.80 Å². The van der Waals surface area contributed by atoms with E-state index < -0.39 is 23.4 Å². The van der Waals surface area contributed by atoms with Crippen molar-refractivity contribution < 1.29 is 18.0 Å². The largest absolute Gasteiger partial charge is 0.358 e. The molecular weight excluding hydrogens is 335 g/mol. The van der Waals surface area contributed by atoms with Crippen molar-refractivity contribution in [2.24, 2.45) is 5.73 Å². The van der Waals surface area contributed by atoms with Crippen molar-refractivity contribution >= 4 is 11.6 Å². The van der Waals surface area contributed by atoms with Gasteiger partial charge in [0.05, 0.1) is 5.69 Å². The highest BCUT2D eigenvalue weighted by Gasteiger charge is 2.23. The van der Waals surface area contributed by atoms with Gasteiger partial charge in [0.15, 0.2) is 17.5 Å². The zero-order chi connectivity index (χ0) is 18.4. The molecule has 0 unspecified atom stereocenters. The van der Waals surface area contributed by atoms with Gasteiger partial charge < -0.3 is 16.0 Å². The van der Waals surface area contributed by atoms with Crippen LogP contribution in [0.25, 0.3) is 0 Å². The molecule has 6 nitrogen and oxygen atoms in total. The highest BCUT2D eigenvalue weighted by Crippen LogP contribution is 2.20. The zero-order valence-corrected chi connectivity index (χ0v) is 13.4. The molecule has 2 rings (SSSR count). The lowest BCUT2D eigenvalue weighted by molar-refractivity contribution is -0.128. The van der Waals surface area contributed by atoms with Crippen LogP contribution in [-0.2, 0) is 4.79 Å². The maximum atomic E-state index is 13.6. The molecule has 0 atom stereocenters. The van der Waals surface area contributed by atoms with E-state index in [0.717, 1.165) is 24.9 Å². The number of nitriles is 1. The Morgan fingerprint density at radius 2 is 1.92 bits per heavy atom. The molecule has 0 radical (unpaired) electrons. The zero-order valence-electron chi connectivity index (χ0n) is 13.4. The SMILES string of the molecule is N#C/C(=C/Nc1ccc(F)c(F)c1F)C(=O)N1CCN(CCN)CC1. The van der Waals surface area contributed by atoms with Crippen LogP contribution in [0.2, 0.25) is 0 Å². The van der Waals surface area contributed by atoms with E-state index in [0.29, 0.717) is 32.7 Å². The number of benzene rings is 1. The second kappa shape index (κ2) is 8.50. The number of nitrogens with one attached hydrogen (secondary N) is 1. The molecule has 0 spiro atoms. The molecule has 9 heteroatoms. The number of anilines is 1. The van der Waals surface area contributed by atoms with Gasteiger partial charge in [0.25, 0.3) is 5.91 Å². The van der Waals surface area contributed by atoms with E-state index in [1.165, 1.54) is 4.90 Å². The maximum absolute atomic E-state index is 13.6. The molecule has 0 aliphatic carbocycles. The van der Waals surface area contributed by atoms with Crippen LogP contribution in [0, 0.1) is 28.8 Å². The number of amides is 1. The van der Waals surface area contributed by atoms with Crippen molar-refractivity contribution in [3.8, 4) is 6.07 Å². The first-order valence-corrected chi connectivity index (χ1v) is 7.70. The molecular formula is C16H18F3N5O. The van der Waals surface area contributed by atoms with Gasteiger partial charge in [-0.1, -0.05) is 0 Å². The van der Waals surface area contributed by atoms with Crippen LogP contribution in [0.15, 0.2) is 23.9 Å². The fraction of sp³-hybridized carbons (Fsp3) is 0.375. The number of nitrogens with zero attached hydrogens (tertiary/aromatic N) is 3. The average Bonchev–Trinajstić information content (AvgIpc) is 2.62. The second-order valence-corrected chi connectivity index (χ2v) is 5.46. The van der Waals surface area contributed by atoms with Crippen LogP contribution in [-0.4, -0.2) is 55.0 Å². The van der Waals surface area contributed by atoms with Crippen molar-refractivity contribution in [1.29, 1.82) is 5.26 Å². The Morgan fingerprint density at radius 3 is 2.52 bits per heavy atom. The van der Waals surface area contributed by atoms with Crippen LogP contribution >= 0.6 is 0 Å². The number of halogens is 3. The summed E-state index contributed by atoms with van der Waals surface area (Å²) in [5.74, 6) is -4.87. The summed E-state index contributed by atoms with van der Waals surface area (Å²) in [5.41, 5.74) is 4.87. The van der Waals surface area contributed by atoms with Gasteiger partial charge in [0.2, 0.25) is 0 Å². The molecule has 1 aromatic rings. The molecule has 1 aliphatic heterocycles. The number of carbonyl (C=O) groups excluding carboxylic acids is 1. The first-order valence-electron chi connectivity index (χ1n) is 7.70. The first-order chi connectivity index (χ1) is 12.0. The Bertz CT molecular complexity index is 708. The molecule has 1 fully saturated rings. The number of rotatable bonds is 5. The lowest BCUT2D eigenvalue weighted by Gasteiger charge is -2.34. The van der Waals surface area contributed by atoms with Gasteiger partial charge in [0, 0.05) is 45.5 Å². The van der Waals surface area contributed by atoms with E-state index in [4.69, 9.17) is 11.0 Å². The van der Waals surface area contributed by atoms with Crippen molar-refractivity contribution in [2.45, 2.75) is 0 Å². The monoisotopic (exact) mass is 353 g/mol. The highest BCUT2D eigenvalue weighted by molar-refractivity contribution is 5.97. The minimum atomic E-state index is -1.63. The Balaban J connectivity index is 2.04. The topological polar surface area (TPSA) is 85.4 Å². The quantitative estimate of drug-likeness (QED) is 0.469. The molecule has 1 amide bonds. The maximum Gasteiger partial charge on any atom is 0.266 e. The van der Waals surface area contributed by atoms with Crippen molar-refractivity contribution in [3.63, 3.8) is 0 Å². The molecule has 0 saturated carbocycles. The van der Waals surface area contributed by atoms with Gasteiger partial charge in [-0.3, -0.25) is 9.69 Å². The van der Waals surface area contributed by atoms with Crippen LogP contribution in [0.4, 0.5) is 18.9 Å². The number of hydrogen-bond donors (Lipinski definition) is 2. The fourth-order valence-corrected chi connectivity index (χ4v) is 2.46. The van der Waals surface area contributed by atoms with Gasteiger partial charge in [-0.05, 0) is 12.1 Å². The molecule has 0 bridgehead atoms. The summed E-state index contributed by atoms with van der Waals surface area (Å²) < 4.78 is 39.7. The van der Waals surface area contributed by atoms with E-state index in [9.17, 15) is 18.0 Å². The highest BCUT2D eigenvalue weighted by atomic mass is 19.2. The Morgan fingerprint density at radius 1 is 1.24 bits per heavy atom. The molecule has 0 aromatic heterocycles. The van der Waals surface area contributed by atoms with Crippen LogP contribution < -0.4 is 11.1 Å². The number of nitrogens with two attached hydrogens (primary N) is 1. The summed E-state index contributed by atoms with van der Waals surface area (Å²) in [7, 11) is 0. The van der Waals surface area contributed by atoms with Gasteiger partial charge >= 0.3 is 0 Å². The summed E-state index contributed by atoms with van der Waals surface area (Å²) in [4.78, 5) is 16.0. The second-order valence-electron chi connectivity index (χ2n) is 5.46. The van der Waals surface area contributed by atoms with Crippen LogP contribution in [0.5, 0.6) is 0 Å². The molecule has 1 heterocycles. The third kappa shape index (κ3) is 4.49. The van der Waals surface area contributed by atoms with E-state index in [1.54, 1.807) is 6.07 Å². The number of carbonyl (C=O) groups is 1. The third-order valence-corrected chi connectivity index (χ3v) is 3.86. The number of hydrogen-bond acceptors (Lipinski definition) is 5. The van der Waals surface area contributed by atoms with Crippen LogP contribution in [0.1, 0.15) is 0 Å². The minimum absolute atomic E-state index is 0.253. The van der Waals surface area contributed by atoms with Crippen LogP contribution in [0.3, 0.4) is 0 Å². The van der Waals surface area contributed by atoms with E-state index in [1.807, 2.05) is 0 Å². The Hall–Kier alpha value is -2.57. The molecule has 134 valence electrons. The van der Waals surface area contributed by atoms with Gasteiger partial charge in [-0.25, -0.2) is 13.2 Å². The first kappa shape index (κ1) is 18.8.